The number of nitrogens with one attached hydrogen (secondary N) is 2. The van der Waals surface area contributed by atoms with Crippen molar-refractivity contribution in [3.05, 3.63) is 58.7 Å². The molecule has 3 saturated heterocycles. The van der Waals surface area contributed by atoms with E-state index in [-0.39, 0.29) is 35.9 Å². The predicted octanol–water partition coefficient (Wildman–Crippen LogP) is 1.97. The second-order valence-electron chi connectivity index (χ2n) is 12.3. The number of benzene rings is 1. The van der Waals surface area contributed by atoms with Crippen molar-refractivity contribution in [2.45, 2.75) is 31.7 Å². The first-order valence-electron chi connectivity index (χ1n) is 15.9. The number of piperidine rings is 2. The van der Waals surface area contributed by atoms with Gasteiger partial charge in [0.25, 0.3) is 5.91 Å². The molecule has 248 valence electrons. The molecule has 2 N–H and O–H groups in total. The summed E-state index contributed by atoms with van der Waals surface area (Å²) < 4.78 is 7.09. The monoisotopic (exact) mass is 645 g/mol. The van der Waals surface area contributed by atoms with Gasteiger partial charge in [-0.2, -0.15) is 5.10 Å². The van der Waals surface area contributed by atoms with Crippen molar-refractivity contribution < 1.29 is 24.0 Å². The van der Waals surface area contributed by atoms with E-state index >= 15 is 0 Å². The molecule has 15 nitrogen and oxygen atoms in total. The summed E-state index contributed by atoms with van der Waals surface area (Å²) in [4.78, 5) is 58.7. The first-order valence-corrected chi connectivity index (χ1v) is 15.9. The number of hydrogen-bond donors (Lipinski definition) is 2. The van der Waals surface area contributed by atoms with Gasteiger partial charge in [0.15, 0.2) is 5.75 Å². The molecule has 47 heavy (non-hydrogen) atoms. The maximum absolute atomic E-state index is 12.6. The van der Waals surface area contributed by atoms with Crippen LogP contribution in [0.3, 0.4) is 0 Å². The van der Waals surface area contributed by atoms with Crippen molar-refractivity contribution in [1.29, 1.82) is 0 Å². The summed E-state index contributed by atoms with van der Waals surface area (Å²) in [6, 6.07) is 6.18. The lowest BCUT2D eigenvalue weighted by Crippen LogP contribution is -2.52. The van der Waals surface area contributed by atoms with E-state index < -0.39 is 22.8 Å². The Morgan fingerprint density at radius 3 is 2.45 bits per heavy atom. The molecule has 0 aliphatic carbocycles. The summed E-state index contributed by atoms with van der Waals surface area (Å²) in [6.07, 6.45) is 7.85. The molecule has 0 radical (unpaired) electrons. The van der Waals surface area contributed by atoms with Crippen molar-refractivity contribution in [3.63, 3.8) is 0 Å². The number of nitrogens with zero attached hydrogens (tertiary/aromatic N) is 7. The molecule has 0 bridgehead atoms. The Bertz CT molecular complexity index is 1640. The maximum atomic E-state index is 12.6. The molecule has 5 heterocycles. The number of aromatic nitrogens is 3. The number of hydrogen-bond acceptors (Lipinski definition) is 11. The third-order valence-electron chi connectivity index (χ3n) is 9.24. The highest BCUT2D eigenvalue weighted by molar-refractivity contribution is 6.03. The second-order valence-corrected chi connectivity index (χ2v) is 12.3. The van der Waals surface area contributed by atoms with Crippen molar-refractivity contribution in [2.24, 2.45) is 13.0 Å². The number of pyridine rings is 1. The van der Waals surface area contributed by atoms with Crippen LogP contribution < -0.4 is 25.2 Å². The van der Waals surface area contributed by atoms with E-state index in [1.807, 2.05) is 19.3 Å². The molecular weight excluding hydrogens is 606 g/mol. The van der Waals surface area contributed by atoms with Crippen LogP contribution in [0.5, 0.6) is 5.75 Å². The number of aryl methyl sites for hydroxylation is 1. The average Bonchev–Trinajstić information content (AvgIpc) is 3.52. The molecule has 3 aliphatic heterocycles. The molecule has 3 amide bonds. The number of nitro groups is 1. The predicted molar refractivity (Wildman–Crippen MR) is 173 cm³/mol. The van der Waals surface area contributed by atoms with E-state index in [0.717, 1.165) is 81.2 Å². The van der Waals surface area contributed by atoms with Gasteiger partial charge >= 0.3 is 5.69 Å². The van der Waals surface area contributed by atoms with Crippen LogP contribution in [-0.4, -0.2) is 101 Å². The van der Waals surface area contributed by atoms with Crippen LogP contribution in [-0.2, 0) is 16.6 Å². The number of carbonyl (C=O) groups is 3. The van der Waals surface area contributed by atoms with Crippen LogP contribution in [0.2, 0.25) is 0 Å². The zero-order chi connectivity index (χ0) is 33.1. The number of anilines is 2. The lowest BCUT2D eigenvalue weighted by molar-refractivity contribution is -0.385. The van der Waals surface area contributed by atoms with Crippen molar-refractivity contribution in [3.8, 4) is 16.9 Å². The van der Waals surface area contributed by atoms with Gasteiger partial charge in [0.1, 0.15) is 11.7 Å². The Hall–Kier alpha value is -5.05. The number of nitro benzene ring substituents is 1. The molecule has 1 atom stereocenters. The Labute approximate surface area is 272 Å². The Morgan fingerprint density at radius 1 is 1.06 bits per heavy atom. The Morgan fingerprint density at radius 2 is 1.83 bits per heavy atom. The summed E-state index contributed by atoms with van der Waals surface area (Å²) in [5.74, 6) is -0.449. The molecule has 0 saturated carbocycles. The molecule has 3 aromatic rings. The Balaban J connectivity index is 1.00. The molecule has 3 aliphatic rings. The lowest BCUT2D eigenvalue weighted by Gasteiger charge is -2.40. The minimum absolute atomic E-state index is 0.0675. The summed E-state index contributed by atoms with van der Waals surface area (Å²) in [6.45, 7) is 6.16. The van der Waals surface area contributed by atoms with Gasteiger partial charge in [-0.3, -0.25) is 39.4 Å². The van der Waals surface area contributed by atoms with Gasteiger partial charge in [-0.05, 0) is 37.3 Å². The van der Waals surface area contributed by atoms with Crippen molar-refractivity contribution >= 4 is 34.8 Å². The first kappa shape index (κ1) is 31.9. The van der Waals surface area contributed by atoms with Crippen LogP contribution in [0, 0.1) is 16.0 Å². The van der Waals surface area contributed by atoms with Gasteiger partial charge < -0.3 is 19.9 Å². The van der Waals surface area contributed by atoms with Crippen molar-refractivity contribution in [2.75, 3.05) is 62.7 Å². The van der Waals surface area contributed by atoms with E-state index in [1.165, 1.54) is 7.11 Å². The summed E-state index contributed by atoms with van der Waals surface area (Å²) in [5, 5.41) is 20.9. The van der Waals surface area contributed by atoms with Crippen LogP contribution >= 0.6 is 0 Å². The molecule has 1 unspecified atom stereocenters. The maximum Gasteiger partial charge on any atom is 0.311 e. The van der Waals surface area contributed by atoms with E-state index in [4.69, 9.17) is 4.74 Å². The largest absolute Gasteiger partial charge is 0.490 e. The fraction of sp³-hybridized carbons (Fsp3) is 0.469. The van der Waals surface area contributed by atoms with E-state index in [0.29, 0.717) is 5.92 Å². The molecule has 2 aromatic heterocycles. The molecule has 15 heteroatoms. The van der Waals surface area contributed by atoms with Crippen molar-refractivity contribution in [1.82, 2.24) is 30.3 Å². The number of ether oxygens (including phenoxy) is 1. The molecule has 3 fully saturated rings. The van der Waals surface area contributed by atoms with Crippen LogP contribution in [0.4, 0.5) is 17.1 Å². The highest BCUT2D eigenvalue weighted by atomic mass is 16.6. The minimum atomic E-state index is -0.737. The second kappa shape index (κ2) is 13.7. The smallest absolute Gasteiger partial charge is 0.311 e. The number of piperazine rings is 1. The van der Waals surface area contributed by atoms with Crippen LogP contribution in [0.15, 0.2) is 42.9 Å². The summed E-state index contributed by atoms with van der Waals surface area (Å²) in [7, 11) is 3.28. The van der Waals surface area contributed by atoms with Gasteiger partial charge in [0, 0.05) is 94.4 Å². The summed E-state index contributed by atoms with van der Waals surface area (Å²) >= 11 is 0. The highest BCUT2D eigenvalue weighted by Crippen LogP contribution is 2.40. The average molecular weight is 646 g/mol. The first-order chi connectivity index (χ1) is 22.7. The summed E-state index contributed by atoms with van der Waals surface area (Å²) in [5.41, 5.74) is 3.61. The molecular formula is C32H39N9O6. The molecule has 0 spiro atoms. The number of methoxy groups -OCH3 is 1. The zero-order valence-electron chi connectivity index (χ0n) is 26.6. The molecule has 6 rings (SSSR count). The number of carbonyl (C=O) groups excluding carboxylic acids is 3. The number of imide groups is 1. The van der Waals surface area contributed by atoms with Gasteiger partial charge in [0.2, 0.25) is 11.8 Å². The Kier molecular flexibility index (Phi) is 9.33. The highest BCUT2D eigenvalue weighted by Gasteiger charge is 2.30. The van der Waals surface area contributed by atoms with Crippen LogP contribution in [0.1, 0.15) is 36.2 Å². The number of rotatable bonds is 9. The number of amides is 3. The van der Waals surface area contributed by atoms with Gasteiger partial charge in [-0.1, -0.05) is 0 Å². The fourth-order valence-corrected chi connectivity index (χ4v) is 6.60. The third-order valence-corrected chi connectivity index (χ3v) is 9.24. The topological polar surface area (TPSA) is 168 Å². The van der Waals surface area contributed by atoms with Gasteiger partial charge in [-0.25, -0.2) is 4.98 Å². The van der Waals surface area contributed by atoms with E-state index in [1.54, 1.807) is 35.3 Å². The standard InChI is InChI=1S/C32H39N9O6/c1-37-20-22(17-34-37)24-15-28(41(45)46)29(47-2)16-27(24)40-13-11-38(12-14-40)19-21-7-9-39(10-8-21)23-3-4-25(33-18-23)31(43)35-26-5-6-30(42)36-32(26)44/h3-4,15-18,20-21,26H,5-14,19H2,1-2H3,(H,35,43)(H,36,42,44). The molecule has 1 aromatic carbocycles. The fourth-order valence-electron chi connectivity index (χ4n) is 6.60. The van der Waals surface area contributed by atoms with E-state index in [2.05, 4.69) is 35.4 Å². The lowest BCUT2D eigenvalue weighted by atomic mass is 9.95. The van der Waals surface area contributed by atoms with Gasteiger partial charge in [-0.15, -0.1) is 0 Å². The third kappa shape index (κ3) is 7.19. The quantitative estimate of drug-likeness (QED) is 0.198. The van der Waals surface area contributed by atoms with E-state index in [9.17, 15) is 24.5 Å². The van der Waals surface area contributed by atoms with Gasteiger partial charge in [0.05, 0.1) is 30.1 Å². The normalized spacial score (nSPS) is 19.4. The SMILES string of the molecule is COc1cc(N2CCN(CC3CCN(c4ccc(C(=O)NC5CCC(=O)NC5=O)nc4)CC3)CC2)c(-c2cnn(C)c2)cc1[N+](=O)[O-]. The minimum Gasteiger partial charge on any atom is -0.490 e. The van der Waals surface area contributed by atoms with Crippen LogP contribution in [0.25, 0.3) is 11.1 Å². The zero-order valence-corrected chi connectivity index (χ0v) is 26.6.